The van der Waals surface area contributed by atoms with Crippen molar-refractivity contribution >= 4 is 17.0 Å². The molecule has 1 saturated carbocycles. The normalized spacial score (nSPS) is 15.5. The molecule has 0 bridgehead atoms. The van der Waals surface area contributed by atoms with Crippen molar-refractivity contribution in [1.29, 1.82) is 0 Å². The maximum atomic E-state index is 11.0. The van der Waals surface area contributed by atoms with E-state index in [1.165, 1.54) is 12.8 Å². The molecule has 1 fully saturated rings. The van der Waals surface area contributed by atoms with E-state index in [4.69, 9.17) is 5.11 Å². The number of fused-ring (bicyclic) bond motifs is 1. The third kappa shape index (κ3) is 1.68. The molecule has 1 aliphatic rings. The predicted octanol–water partition coefficient (Wildman–Crippen LogP) is 3.19. The van der Waals surface area contributed by atoms with E-state index in [1.807, 2.05) is 6.07 Å². The quantitative estimate of drug-likeness (QED) is 0.902. The molecule has 1 aromatic heterocycles. The summed E-state index contributed by atoms with van der Waals surface area (Å²) in [7, 11) is 0. The number of aromatic carboxylic acids is 1. The lowest BCUT2D eigenvalue weighted by atomic mass is 10.2. The van der Waals surface area contributed by atoms with E-state index in [9.17, 15) is 4.79 Å². The van der Waals surface area contributed by atoms with E-state index in [2.05, 4.69) is 23.4 Å². The van der Waals surface area contributed by atoms with Crippen molar-refractivity contribution in [2.45, 2.75) is 38.6 Å². The number of carboxylic acid groups (broad SMARTS) is 1. The summed E-state index contributed by atoms with van der Waals surface area (Å²) >= 11 is 0. The third-order valence-electron chi connectivity index (χ3n) is 3.42. The average molecular weight is 244 g/mol. The number of aromatic nitrogens is 2. The zero-order valence-corrected chi connectivity index (χ0v) is 10.6. The standard InChI is InChI=1S/C14H16N2O2/c1-8(2)16-12-6-5-10(14(17)18)7-11(12)15-13(16)9-3-4-9/h5-9H,3-4H2,1-2H3,(H,17,18). The van der Waals surface area contributed by atoms with Crippen molar-refractivity contribution < 1.29 is 9.90 Å². The first kappa shape index (κ1) is 11.3. The minimum Gasteiger partial charge on any atom is -0.478 e. The minimum atomic E-state index is -0.899. The van der Waals surface area contributed by atoms with Crippen molar-refractivity contribution in [3.05, 3.63) is 29.6 Å². The SMILES string of the molecule is CC(C)n1c(C2CC2)nc2cc(C(=O)O)ccc21. The van der Waals surface area contributed by atoms with Crippen LogP contribution in [0, 0.1) is 0 Å². The zero-order chi connectivity index (χ0) is 12.9. The lowest BCUT2D eigenvalue weighted by Gasteiger charge is -2.12. The summed E-state index contributed by atoms with van der Waals surface area (Å²) < 4.78 is 2.23. The monoisotopic (exact) mass is 244 g/mol. The van der Waals surface area contributed by atoms with E-state index in [0.717, 1.165) is 16.9 Å². The van der Waals surface area contributed by atoms with Crippen molar-refractivity contribution in [2.75, 3.05) is 0 Å². The Morgan fingerprint density at radius 3 is 2.72 bits per heavy atom. The number of nitrogens with zero attached hydrogens (tertiary/aromatic N) is 2. The second kappa shape index (κ2) is 3.83. The van der Waals surface area contributed by atoms with Crippen LogP contribution in [0.1, 0.15) is 54.8 Å². The van der Waals surface area contributed by atoms with Gasteiger partial charge in [-0.15, -0.1) is 0 Å². The van der Waals surface area contributed by atoms with Crippen molar-refractivity contribution in [1.82, 2.24) is 9.55 Å². The van der Waals surface area contributed by atoms with Gasteiger partial charge in [0.15, 0.2) is 0 Å². The molecule has 2 aromatic rings. The lowest BCUT2D eigenvalue weighted by Crippen LogP contribution is -2.05. The first-order valence-electron chi connectivity index (χ1n) is 6.33. The van der Waals surface area contributed by atoms with E-state index in [0.29, 0.717) is 17.5 Å². The number of rotatable bonds is 3. The molecule has 1 aliphatic carbocycles. The van der Waals surface area contributed by atoms with Gasteiger partial charge in [-0.25, -0.2) is 9.78 Å². The molecule has 1 N–H and O–H groups in total. The minimum absolute atomic E-state index is 0.304. The molecule has 0 saturated heterocycles. The molecule has 0 unspecified atom stereocenters. The zero-order valence-electron chi connectivity index (χ0n) is 10.6. The number of hydrogen-bond acceptors (Lipinski definition) is 2. The molecule has 0 atom stereocenters. The number of carbonyl (C=O) groups is 1. The molecule has 1 aromatic carbocycles. The molecule has 4 heteroatoms. The van der Waals surface area contributed by atoms with Crippen LogP contribution in [0.25, 0.3) is 11.0 Å². The summed E-state index contributed by atoms with van der Waals surface area (Å²) in [6.45, 7) is 4.27. The Kier molecular flexibility index (Phi) is 2.40. The molecule has 0 radical (unpaired) electrons. The highest BCUT2D eigenvalue weighted by Crippen LogP contribution is 2.41. The first-order valence-corrected chi connectivity index (χ1v) is 6.33. The molecule has 18 heavy (non-hydrogen) atoms. The topological polar surface area (TPSA) is 55.1 Å². The summed E-state index contributed by atoms with van der Waals surface area (Å²) in [5.41, 5.74) is 2.14. The molecule has 1 heterocycles. The van der Waals surface area contributed by atoms with Crippen LogP contribution in [-0.4, -0.2) is 20.6 Å². The highest BCUT2D eigenvalue weighted by atomic mass is 16.4. The van der Waals surface area contributed by atoms with Crippen LogP contribution in [0.3, 0.4) is 0 Å². The Hall–Kier alpha value is -1.84. The van der Waals surface area contributed by atoms with Crippen LogP contribution in [0.4, 0.5) is 0 Å². The molecular weight excluding hydrogens is 228 g/mol. The van der Waals surface area contributed by atoms with Gasteiger partial charge < -0.3 is 9.67 Å². The van der Waals surface area contributed by atoms with Gasteiger partial charge in [0.2, 0.25) is 0 Å². The second-order valence-corrected chi connectivity index (χ2v) is 5.22. The highest BCUT2D eigenvalue weighted by molar-refractivity contribution is 5.92. The van der Waals surface area contributed by atoms with Gasteiger partial charge in [-0.1, -0.05) is 0 Å². The fraction of sp³-hybridized carbons (Fsp3) is 0.429. The first-order chi connectivity index (χ1) is 8.58. The number of imidazole rings is 1. The fourth-order valence-electron chi connectivity index (χ4n) is 2.42. The number of benzene rings is 1. The Morgan fingerprint density at radius 2 is 2.17 bits per heavy atom. The smallest absolute Gasteiger partial charge is 0.335 e. The van der Waals surface area contributed by atoms with E-state index in [1.54, 1.807) is 12.1 Å². The van der Waals surface area contributed by atoms with Gasteiger partial charge in [-0.05, 0) is 44.9 Å². The largest absolute Gasteiger partial charge is 0.478 e. The van der Waals surface area contributed by atoms with Crippen LogP contribution < -0.4 is 0 Å². The van der Waals surface area contributed by atoms with Gasteiger partial charge in [-0.2, -0.15) is 0 Å². The molecule has 0 spiro atoms. The summed E-state index contributed by atoms with van der Waals surface area (Å²) in [6.07, 6.45) is 2.39. The average Bonchev–Trinajstić information content (AvgIpc) is 3.08. The molecule has 3 rings (SSSR count). The number of hydrogen-bond donors (Lipinski definition) is 1. The van der Waals surface area contributed by atoms with E-state index < -0.39 is 5.97 Å². The van der Waals surface area contributed by atoms with Crippen molar-refractivity contribution in [2.24, 2.45) is 0 Å². The van der Waals surface area contributed by atoms with Gasteiger partial charge in [0.05, 0.1) is 16.6 Å². The van der Waals surface area contributed by atoms with Crippen molar-refractivity contribution in [3.8, 4) is 0 Å². The molecular formula is C14H16N2O2. The summed E-state index contributed by atoms with van der Waals surface area (Å²) in [5, 5.41) is 9.02. The van der Waals surface area contributed by atoms with Crippen LogP contribution in [0.2, 0.25) is 0 Å². The van der Waals surface area contributed by atoms with Crippen LogP contribution >= 0.6 is 0 Å². The van der Waals surface area contributed by atoms with E-state index >= 15 is 0 Å². The predicted molar refractivity (Wildman–Crippen MR) is 69.1 cm³/mol. The Morgan fingerprint density at radius 1 is 1.44 bits per heavy atom. The Balaban J connectivity index is 2.23. The summed E-state index contributed by atoms with van der Waals surface area (Å²) in [5.74, 6) is 0.777. The summed E-state index contributed by atoms with van der Waals surface area (Å²) in [4.78, 5) is 15.6. The van der Waals surface area contributed by atoms with Gasteiger partial charge >= 0.3 is 5.97 Å². The Bertz CT molecular complexity index is 624. The van der Waals surface area contributed by atoms with Gasteiger partial charge in [-0.3, -0.25) is 0 Å². The molecule has 94 valence electrons. The molecule has 4 nitrogen and oxygen atoms in total. The maximum absolute atomic E-state index is 11.0. The summed E-state index contributed by atoms with van der Waals surface area (Å²) in [6, 6.07) is 5.54. The lowest BCUT2D eigenvalue weighted by molar-refractivity contribution is 0.0697. The fourth-order valence-corrected chi connectivity index (χ4v) is 2.42. The van der Waals surface area contributed by atoms with Gasteiger partial charge in [0.1, 0.15) is 5.82 Å². The van der Waals surface area contributed by atoms with Gasteiger partial charge in [0.25, 0.3) is 0 Å². The second-order valence-electron chi connectivity index (χ2n) is 5.22. The molecule has 0 aliphatic heterocycles. The van der Waals surface area contributed by atoms with Crippen LogP contribution in [-0.2, 0) is 0 Å². The van der Waals surface area contributed by atoms with Gasteiger partial charge in [0, 0.05) is 12.0 Å². The van der Waals surface area contributed by atoms with E-state index in [-0.39, 0.29) is 0 Å². The maximum Gasteiger partial charge on any atom is 0.335 e. The highest BCUT2D eigenvalue weighted by Gasteiger charge is 2.30. The van der Waals surface area contributed by atoms with Crippen molar-refractivity contribution in [3.63, 3.8) is 0 Å². The molecule has 0 amide bonds. The number of carboxylic acids is 1. The van der Waals surface area contributed by atoms with Crippen LogP contribution in [0.5, 0.6) is 0 Å². The third-order valence-corrected chi connectivity index (χ3v) is 3.42. The Labute approximate surface area is 105 Å². The van der Waals surface area contributed by atoms with Crippen LogP contribution in [0.15, 0.2) is 18.2 Å².